The van der Waals surface area contributed by atoms with Crippen molar-refractivity contribution in [3.05, 3.63) is 71.4 Å². The third kappa shape index (κ3) is 4.28. The Morgan fingerprint density at radius 1 is 1.18 bits per heavy atom. The second kappa shape index (κ2) is 8.51. The Balaban J connectivity index is 1.90. The first kappa shape index (κ1) is 19.3. The largest absolute Gasteiger partial charge is 0.481 e. The third-order valence-corrected chi connectivity index (χ3v) is 4.07. The molecule has 0 spiro atoms. The molecular weight excluding hydrogens is 369 g/mol. The van der Waals surface area contributed by atoms with Crippen molar-refractivity contribution in [2.45, 2.75) is 13.0 Å². The Morgan fingerprint density at radius 3 is 2.71 bits per heavy atom. The normalized spacial score (nSPS) is 10.8. The quantitative estimate of drug-likeness (QED) is 0.570. The van der Waals surface area contributed by atoms with E-state index in [1.807, 2.05) is 6.07 Å². The zero-order valence-electron chi connectivity index (χ0n) is 14.9. The highest BCUT2D eigenvalue weighted by Gasteiger charge is 2.15. The summed E-state index contributed by atoms with van der Waals surface area (Å²) in [6.45, 7) is 0.342. The lowest BCUT2D eigenvalue weighted by molar-refractivity contribution is 0.146. The van der Waals surface area contributed by atoms with Gasteiger partial charge in [-0.05, 0) is 29.8 Å². The molecule has 0 saturated heterocycles. The number of ether oxygens (including phenoxy) is 1. The Kier molecular flexibility index (Phi) is 5.88. The third-order valence-electron chi connectivity index (χ3n) is 4.07. The summed E-state index contributed by atoms with van der Waals surface area (Å²) >= 11 is 0. The standard InChI is InChI=1S/C20H17F3N4O/c1-28-19-4-2-3-14(27-19)11-26-17-8-13(10-25-18(17)9-24)12-5-6-16(21)15(7-12)20(22)23/h2-10,20,24,26H,11H2,1H3. The van der Waals surface area contributed by atoms with Crippen molar-refractivity contribution in [2.75, 3.05) is 12.4 Å². The molecular formula is C20H17F3N4O. The van der Waals surface area contributed by atoms with Gasteiger partial charge in [-0.25, -0.2) is 18.2 Å². The molecule has 2 heterocycles. The minimum Gasteiger partial charge on any atom is -0.481 e. The van der Waals surface area contributed by atoms with Crippen LogP contribution >= 0.6 is 0 Å². The van der Waals surface area contributed by atoms with Gasteiger partial charge in [0.1, 0.15) is 11.5 Å². The lowest BCUT2D eigenvalue weighted by Crippen LogP contribution is -2.06. The minimum absolute atomic E-state index is 0.342. The number of rotatable bonds is 7. The Labute approximate surface area is 159 Å². The van der Waals surface area contributed by atoms with Gasteiger partial charge in [0, 0.05) is 24.0 Å². The summed E-state index contributed by atoms with van der Waals surface area (Å²) in [7, 11) is 1.52. The molecule has 0 aliphatic carbocycles. The van der Waals surface area contributed by atoms with Crippen LogP contribution in [0.4, 0.5) is 18.9 Å². The number of anilines is 1. The predicted molar refractivity (Wildman–Crippen MR) is 101 cm³/mol. The fraction of sp³-hybridized carbons (Fsp3) is 0.150. The van der Waals surface area contributed by atoms with Gasteiger partial charge in [-0.3, -0.25) is 4.98 Å². The predicted octanol–water partition coefficient (Wildman–Crippen LogP) is 4.84. The minimum atomic E-state index is -2.91. The SMILES string of the molecule is COc1cccc(CNc2cc(-c3ccc(F)c(C(F)F)c3)cnc2C=N)n1. The van der Waals surface area contributed by atoms with Gasteiger partial charge in [0.15, 0.2) is 0 Å². The first-order valence-electron chi connectivity index (χ1n) is 8.34. The van der Waals surface area contributed by atoms with Crippen LogP contribution in [-0.4, -0.2) is 23.3 Å². The number of nitrogens with zero attached hydrogens (tertiary/aromatic N) is 2. The smallest absolute Gasteiger partial charge is 0.266 e. The van der Waals surface area contributed by atoms with Crippen LogP contribution in [0.2, 0.25) is 0 Å². The van der Waals surface area contributed by atoms with E-state index < -0.39 is 17.8 Å². The maximum absolute atomic E-state index is 13.5. The molecule has 144 valence electrons. The van der Waals surface area contributed by atoms with Gasteiger partial charge in [0.05, 0.1) is 30.6 Å². The molecule has 0 bridgehead atoms. The second-order valence-electron chi connectivity index (χ2n) is 5.86. The van der Waals surface area contributed by atoms with Gasteiger partial charge >= 0.3 is 0 Å². The number of halogens is 3. The number of alkyl halides is 2. The first-order valence-corrected chi connectivity index (χ1v) is 8.34. The maximum Gasteiger partial charge on any atom is 0.266 e. The van der Waals surface area contributed by atoms with Crippen LogP contribution in [0.25, 0.3) is 11.1 Å². The number of hydrogen-bond acceptors (Lipinski definition) is 5. The van der Waals surface area contributed by atoms with Crippen molar-refractivity contribution in [1.29, 1.82) is 5.41 Å². The molecule has 1 aromatic carbocycles. The summed E-state index contributed by atoms with van der Waals surface area (Å²) in [5.41, 5.74) is 1.88. The average Bonchev–Trinajstić information content (AvgIpc) is 2.72. The topological polar surface area (TPSA) is 70.9 Å². The van der Waals surface area contributed by atoms with Crippen LogP contribution in [0.15, 0.2) is 48.7 Å². The van der Waals surface area contributed by atoms with Crippen LogP contribution in [-0.2, 0) is 6.54 Å². The zero-order chi connectivity index (χ0) is 20.1. The first-order chi connectivity index (χ1) is 13.5. The maximum atomic E-state index is 13.5. The number of methoxy groups -OCH3 is 1. The molecule has 0 radical (unpaired) electrons. The van der Waals surface area contributed by atoms with Crippen molar-refractivity contribution in [3.8, 4) is 17.0 Å². The molecule has 0 fully saturated rings. The van der Waals surface area contributed by atoms with Crippen LogP contribution in [0.1, 0.15) is 23.4 Å². The number of pyridine rings is 2. The summed E-state index contributed by atoms with van der Waals surface area (Å²) in [5, 5.41) is 10.6. The van der Waals surface area contributed by atoms with Crippen molar-refractivity contribution < 1.29 is 17.9 Å². The lowest BCUT2D eigenvalue weighted by Gasteiger charge is -2.12. The highest BCUT2D eigenvalue weighted by Crippen LogP contribution is 2.29. The molecule has 2 N–H and O–H groups in total. The molecule has 28 heavy (non-hydrogen) atoms. The van der Waals surface area contributed by atoms with Crippen molar-refractivity contribution >= 4 is 11.9 Å². The van der Waals surface area contributed by atoms with E-state index in [0.29, 0.717) is 40.6 Å². The van der Waals surface area contributed by atoms with Crippen LogP contribution in [0.3, 0.4) is 0 Å². The van der Waals surface area contributed by atoms with E-state index in [-0.39, 0.29) is 0 Å². The summed E-state index contributed by atoms with van der Waals surface area (Å²) in [6.07, 6.45) is -0.372. The number of aromatic nitrogens is 2. The van der Waals surface area contributed by atoms with E-state index in [0.717, 1.165) is 18.3 Å². The number of nitrogens with one attached hydrogen (secondary N) is 2. The van der Waals surface area contributed by atoms with Crippen LogP contribution in [0, 0.1) is 11.2 Å². The summed E-state index contributed by atoms with van der Waals surface area (Å²) in [4.78, 5) is 8.48. The summed E-state index contributed by atoms with van der Waals surface area (Å²) < 4.78 is 44.6. The van der Waals surface area contributed by atoms with Gasteiger partial charge in [-0.15, -0.1) is 0 Å². The molecule has 2 aromatic heterocycles. The van der Waals surface area contributed by atoms with E-state index in [4.69, 9.17) is 10.1 Å². The zero-order valence-corrected chi connectivity index (χ0v) is 14.9. The van der Waals surface area contributed by atoms with Gasteiger partial charge < -0.3 is 15.5 Å². The van der Waals surface area contributed by atoms with E-state index in [9.17, 15) is 13.2 Å². The van der Waals surface area contributed by atoms with Crippen molar-refractivity contribution in [3.63, 3.8) is 0 Å². The van der Waals surface area contributed by atoms with E-state index in [2.05, 4.69) is 15.3 Å². The fourth-order valence-corrected chi connectivity index (χ4v) is 2.64. The van der Waals surface area contributed by atoms with Gasteiger partial charge in [0.2, 0.25) is 5.88 Å². The molecule has 8 heteroatoms. The molecule has 3 rings (SSSR count). The Hall–Kier alpha value is -3.42. The monoisotopic (exact) mass is 386 g/mol. The molecule has 3 aromatic rings. The molecule has 0 unspecified atom stereocenters. The van der Waals surface area contributed by atoms with Crippen molar-refractivity contribution in [2.24, 2.45) is 0 Å². The molecule has 0 atom stereocenters. The summed E-state index contributed by atoms with van der Waals surface area (Å²) in [6, 6.07) is 10.5. The van der Waals surface area contributed by atoms with Crippen LogP contribution < -0.4 is 10.1 Å². The van der Waals surface area contributed by atoms with E-state index >= 15 is 0 Å². The number of hydrogen-bond donors (Lipinski definition) is 2. The van der Waals surface area contributed by atoms with E-state index in [1.165, 1.54) is 19.4 Å². The van der Waals surface area contributed by atoms with Crippen molar-refractivity contribution in [1.82, 2.24) is 9.97 Å². The van der Waals surface area contributed by atoms with Gasteiger partial charge in [0.25, 0.3) is 6.43 Å². The van der Waals surface area contributed by atoms with Crippen LogP contribution in [0.5, 0.6) is 5.88 Å². The molecule has 0 aliphatic rings. The number of benzene rings is 1. The molecule has 0 saturated carbocycles. The fourth-order valence-electron chi connectivity index (χ4n) is 2.64. The van der Waals surface area contributed by atoms with Gasteiger partial charge in [-0.1, -0.05) is 12.1 Å². The molecule has 0 amide bonds. The highest BCUT2D eigenvalue weighted by molar-refractivity contribution is 5.85. The lowest BCUT2D eigenvalue weighted by atomic mass is 10.0. The average molecular weight is 386 g/mol. The highest BCUT2D eigenvalue weighted by atomic mass is 19.3. The molecule has 5 nitrogen and oxygen atoms in total. The van der Waals surface area contributed by atoms with Gasteiger partial charge in [-0.2, -0.15) is 0 Å². The summed E-state index contributed by atoms with van der Waals surface area (Å²) in [5.74, 6) is -0.477. The molecule has 0 aliphatic heterocycles. The Morgan fingerprint density at radius 2 is 2.00 bits per heavy atom. The Bertz CT molecular complexity index is 995. The van der Waals surface area contributed by atoms with E-state index in [1.54, 1.807) is 18.2 Å². The second-order valence-corrected chi connectivity index (χ2v) is 5.86.